The number of carbonyl (C=O) groups excluding carboxylic acids is 1. The third-order valence-electron chi connectivity index (χ3n) is 5.38. The van der Waals surface area contributed by atoms with E-state index in [-0.39, 0.29) is 29.9 Å². The summed E-state index contributed by atoms with van der Waals surface area (Å²) in [6.07, 6.45) is 1.86. The maximum absolute atomic E-state index is 12.5. The summed E-state index contributed by atoms with van der Waals surface area (Å²) in [6.45, 7) is 6.63. The van der Waals surface area contributed by atoms with Gasteiger partial charge in [-0.25, -0.2) is 4.98 Å². The monoisotopic (exact) mass is 560 g/mol. The average Bonchev–Trinajstić information content (AvgIpc) is 3.29. The van der Waals surface area contributed by atoms with Crippen LogP contribution in [0.1, 0.15) is 35.6 Å². The number of amides is 1. The van der Waals surface area contributed by atoms with Crippen LogP contribution in [0, 0.1) is 0 Å². The number of H-pyrrole nitrogens is 1. The molecule has 0 aliphatic heterocycles. The molecule has 8 heteroatoms. The number of halogens is 1. The highest BCUT2D eigenvalue weighted by atomic mass is 127. The molecule has 1 heterocycles. The lowest BCUT2D eigenvalue weighted by Crippen LogP contribution is -2.38. The summed E-state index contributed by atoms with van der Waals surface area (Å²) in [5, 5.41) is 3.38. The van der Waals surface area contributed by atoms with Crippen LogP contribution in [-0.2, 0) is 13.1 Å². The number of benzene rings is 2. The number of hydrogen-bond acceptors (Lipinski definition) is 3. The number of imidazole rings is 1. The molecule has 0 aliphatic rings. The third kappa shape index (κ3) is 7.05. The lowest BCUT2D eigenvalue weighted by Gasteiger charge is -2.21. The van der Waals surface area contributed by atoms with Crippen LogP contribution in [0.4, 0.5) is 0 Å². The van der Waals surface area contributed by atoms with Crippen LogP contribution in [0.5, 0.6) is 0 Å². The Labute approximate surface area is 213 Å². The van der Waals surface area contributed by atoms with Crippen LogP contribution < -0.4 is 5.32 Å². The van der Waals surface area contributed by atoms with Gasteiger partial charge in [-0.3, -0.25) is 9.79 Å². The van der Waals surface area contributed by atoms with E-state index in [2.05, 4.69) is 32.4 Å². The molecule has 33 heavy (non-hydrogen) atoms. The van der Waals surface area contributed by atoms with Crippen molar-refractivity contribution in [3.8, 4) is 11.3 Å². The maximum atomic E-state index is 12.5. The minimum Gasteiger partial charge on any atom is -0.352 e. The Hall–Kier alpha value is -2.88. The van der Waals surface area contributed by atoms with Gasteiger partial charge in [0.2, 0.25) is 0 Å². The lowest BCUT2D eigenvalue weighted by molar-refractivity contribution is 0.0773. The Morgan fingerprint density at radius 1 is 1.06 bits per heavy atom. The molecule has 0 aliphatic carbocycles. The Morgan fingerprint density at radius 2 is 1.73 bits per heavy atom. The second-order valence-electron chi connectivity index (χ2n) is 7.54. The number of nitrogens with one attached hydrogen (secondary N) is 2. The first-order valence-electron chi connectivity index (χ1n) is 10.9. The fraction of sp³-hybridized carbons (Fsp3) is 0.320. The molecule has 0 fully saturated rings. The van der Waals surface area contributed by atoms with Gasteiger partial charge in [0, 0.05) is 39.3 Å². The van der Waals surface area contributed by atoms with Gasteiger partial charge < -0.3 is 20.1 Å². The van der Waals surface area contributed by atoms with Gasteiger partial charge in [0.1, 0.15) is 5.82 Å². The molecule has 0 unspecified atom stereocenters. The Kier molecular flexibility index (Phi) is 10.4. The first kappa shape index (κ1) is 26.4. The van der Waals surface area contributed by atoms with E-state index >= 15 is 0 Å². The molecule has 2 aromatic carbocycles. The van der Waals surface area contributed by atoms with E-state index in [4.69, 9.17) is 0 Å². The van der Waals surface area contributed by atoms with Crippen molar-refractivity contribution in [1.82, 2.24) is 25.1 Å². The van der Waals surface area contributed by atoms with E-state index in [0.29, 0.717) is 31.7 Å². The van der Waals surface area contributed by atoms with Crippen molar-refractivity contribution >= 4 is 35.8 Å². The highest BCUT2D eigenvalue weighted by Crippen LogP contribution is 2.16. The zero-order chi connectivity index (χ0) is 22.9. The van der Waals surface area contributed by atoms with Crippen molar-refractivity contribution in [3.63, 3.8) is 0 Å². The average molecular weight is 560 g/mol. The number of carbonyl (C=O) groups is 1. The quantitative estimate of drug-likeness (QED) is 0.244. The Morgan fingerprint density at radius 3 is 2.33 bits per heavy atom. The molecule has 1 aromatic heterocycles. The predicted octanol–water partition coefficient (Wildman–Crippen LogP) is 4.38. The van der Waals surface area contributed by atoms with Crippen LogP contribution in [0.15, 0.2) is 65.8 Å². The van der Waals surface area contributed by atoms with Crippen LogP contribution in [0.3, 0.4) is 0 Å². The molecular formula is C25H33IN6O. The van der Waals surface area contributed by atoms with Crippen molar-refractivity contribution in [1.29, 1.82) is 0 Å². The Bertz CT molecular complexity index is 1030. The lowest BCUT2D eigenvalue weighted by atomic mass is 10.1. The fourth-order valence-electron chi connectivity index (χ4n) is 3.53. The number of hydrogen-bond donors (Lipinski definition) is 2. The SMILES string of the molecule is CCN(CC)C(=O)c1ccc(CNC(=NC)N(C)Cc2ncc(-c3ccccc3)[nH]2)cc1.I. The second kappa shape index (κ2) is 13.0. The summed E-state index contributed by atoms with van der Waals surface area (Å²) < 4.78 is 0. The maximum Gasteiger partial charge on any atom is 0.253 e. The number of aliphatic imine (C=N–C) groups is 1. The zero-order valence-electron chi connectivity index (χ0n) is 19.7. The number of guanidine groups is 1. The number of rotatable bonds is 8. The highest BCUT2D eigenvalue weighted by Gasteiger charge is 2.13. The van der Waals surface area contributed by atoms with Gasteiger partial charge in [-0.1, -0.05) is 42.5 Å². The molecule has 1 amide bonds. The predicted molar refractivity (Wildman–Crippen MR) is 145 cm³/mol. The highest BCUT2D eigenvalue weighted by molar-refractivity contribution is 14.0. The number of nitrogens with zero attached hydrogens (tertiary/aromatic N) is 4. The molecule has 0 saturated heterocycles. The molecule has 0 spiro atoms. The zero-order valence-corrected chi connectivity index (χ0v) is 22.0. The van der Waals surface area contributed by atoms with E-state index in [1.54, 1.807) is 7.05 Å². The summed E-state index contributed by atoms with van der Waals surface area (Å²) in [5.74, 6) is 1.71. The van der Waals surface area contributed by atoms with Crippen LogP contribution in [0.2, 0.25) is 0 Å². The normalized spacial score (nSPS) is 11.0. The summed E-state index contributed by atoms with van der Waals surface area (Å²) in [7, 11) is 3.74. The van der Waals surface area contributed by atoms with Crippen LogP contribution >= 0.6 is 24.0 Å². The first-order valence-corrected chi connectivity index (χ1v) is 10.9. The Balaban J connectivity index is 0.00000385. The van der Waals surface area contributed by atoms with E-state index < -0.39 is 0 Å². The van der Waals surface area contributed by atoms with Crippen molar-refractivity contribution in [2.45, 2.75) is 26.9 Å². The minimum absolute atomic E-state index is 0. The van der Waals surface area contributed by atoms with E-state index in [9.17, 15) is 4.79 Å². The molecule has 3 rings (SSSR count). The van der Waals surface area contributed by atoms with Gasteiger partial charge >= 0.3 is 0 Å². The van der Waals surface area contributed by atoms with E-state index in [1.165, 1.54) is 0 Å². The molecule has 2 N–H and O–H groups in total. The molecule has 0 saturated carbocycles. The number of aromatic amines is 1. The summed E-state index contributed by atoms with van der Waals surface area (Å²) in [5.41, 5.74) is 3.90. The molecule has 0 bridgehead atoms. The van der Waals surface area contributed by atoms with Crippen molar-refractivity contribution in [2.24, 2.45) is 4.99 Å². The summed E-state index contributed by atoms with van der Waals surface area (Å²) >= 11 is 0. The van der Waals surface area contributed by atoms with Gasteiger partial charge in [-0.2, -0.15) is 0 Å². The van der Waals surface area contributed by atoms with Crippen molar-refractivity contribution in [3.05, 3.63) is 77.7 Å². The largest absolute Gasteiger partial charge is 0.352 e. The van der Waals surface area contributed by atoms with Gasteiger partial charge in [0.25, 0.3) is 5.91 Å². The molecule has 176 valence electrons. The molecular weight excluding hydrogens is 527 g/mol. The van der Waals surface area contributed by atoms with Gasteiger partial charge in [-0.15, -0.1) is 24.0 Å². The minimum atomic E-state index is 0. The fourth-order valence-corrected chi connectivity index (χ4v) is 3.53. The topological polar surface area (TPSA) is 76.6 Å². The summed E-state index contributed by atoms with van der Waals surface area (Å²) in [6, 6.07) is 17.9. The molecule has 7 nitrogen and oxygen atoms in total. The van der Waals surface area contributed by atoms with Crippen molar-refractivity contribution in [2.75, 3.05) is 27.2 Å². The van der Waals surface area contributed by atoms with Crippen molar-refractivity contribution < 1.29 is 4.79 Å². The van der Waals surface area contributed by atoms with E-state index in [1.807, 2.05) is 79.4 Å². The number of aromatic nitrogens is 2. The second-order valence-corrected chi connectivity index (χ2v) is 7.54. The molecule has 0 radical (unpaired) electrons. The summed E-state index contributed by atoms with van der Waals surface area (Å²) in [4.78, 5) is 28.6. The van der Waals surface area contributed by atoms with Gasteiger partial charge in [0.15, 0.2) is 5.96 Å². The molecule has 3 aromatic rings. The standard InChI is InChI=1S/C25H32N6O.HI/c1-5-31(6-2)24(32)21-14-12-19(13-15-21)16-28-25(26-3)30(4)18-23-27-17-22(29-23)20-10-8-7-9-11-20;/h7-15,17H,5-6,16,18H2,1-4H3,(H,26,28)(H,27,29);1H. The smallest absolute Gasteiger partial charge is 0.253 e. The van der Waals surface area contributed by atoms with Crippen LogP contribution in [0.25, 0.3) is 11.3 Å². The third-order valence-corrected chi connectivity index (χ3v) is 5.38. The van der Waals surface area contributed by atoms with E-state index in [0.717, 1.165) is 28.6 Å². The first-order chi connectivity index (χ1) is 15.5. The van der Waals surface area contributed by atoms with Gasteiger partial charge in [-0.05, 0) is 37.1 Å². The van der Waals surface area contributed by atoms with Gasteiger partial charge in [0.05, 0.1) is 18.4 Å². The molecule has 0 atom stereocenters. The van der Waals surface area contributed by atoms with Crippen LogP contribution in [-0.4, -0.2) is 58.8 Å².